The molecule has 0 unspecified atom stereocenters. The van der Waals surface area contributed by atoms with Crippen LogP contribution in [0.5, 0.6) is 0 Å². The number of rotatable bonds is 6. The molecule has 29 heavy (non-hydrogen) atoms. The Morgan fingerprint density at radius 3 is 2.83 bits per heavy atom. The highest BCUT2D eigenvalue weighted by molar-refractivity contribution is 5.94. The molecule has 2 N–H and O–H groups in total. The summed E-state index contributed by atoms with van der Waals surface area (Å²) in [6.45, 7) is 6.91. The van der Waals surface area contributed by atoms with E-state index in [0.29, 0.717) is 5.92 Å². The number of hydrogen-bond acceptors (Lipinski definition) is 7. The molecule has 150 valence electrons. The van der Waals surface area contributed by atoms with E-state index < -0.39 is 0 Å². The van der Waals surface area contributed by atoms with Crippen LogP contribution in [0.2, 0.25) is 0 Å². The lowest BCUT2D eigenvalue weighted by Crippen LogP contribution is -2.44. The molecule has 1 saturated heterocycles. The molecule has 7 nitrogen and oxygen atoms in total. The third-order valence-corrected chi connectivity index (χ3v) is 5.62. The van der Waals surface area contributed by atoms with Gasteiger partial charge in [-0.05, 0) is 42.9 Å². The van der Waals surface area contributed by atoms with Gasteiger partial charge in [-0.25, -0.2) is 15.0 Å². The molecule has 2 fully saturated rings. The first-order chi connectivity index (χ1) is 14.3. The van der Waals surface area contributed by atoms with Crippen molar-refractivity contribution in [2.24, 2.45) is 0 Å². The van der Waals surface area contributed by atoms with Gasteiger partial charge in [0.15, 0.2) is 5.82 Å². The number of anilines is 2. The lowest BCUT2D eigenvalue weighted by molar-refractivity contribution is 0.586. The van der Waals surface area contributed by atoms with E-state index in [1.165, 1.54) is 23.8 Å². The smallest absolute Gasteiger partial charge is 0.162 e. The van der Waals surface area contributed by atoms with Gasteiger partial charge in [0.2, 0.25) is 0 Å². The van der Waals surface area contributed by atoms with E-state index in [1.54, 1.807) is 0 Å². The molecule has 0 bridgehead atoms. The van der Waals surface area contributed by atoms with Crippen LogP contribution < -0.4 is 15.5 Å². The summed E-state index contributed by atoms with van der Waals surface area (Å²) in [6, 6.07) is 4.02. The largest absolute Gasteiger partial charge is 0.370 e. The Hall–Kier alpha value is -2.80. The van der Waals surface area contributed by atoms with Gasteiger partial charge in [-0.3, -0.25) is 4.98 Å². The molecule has 3 aromatic heterocycles. The maximum atomic E-state index is 5.09. The maximum absolute atomic E-state index is 5.09. The molecule has 3 aromatic rings. The van der Waals surface area contributed by atoms with Gasteiger partial charge in [0, 0.05) is 56.1 Å². The monoisotopic (exact) mass is 389 g/mol. The predicted octanol–water partition coefficient (Wildman–Crippen LogP) is 3.20. The molecule has 1 aliphatic heterocycles. The Bertz CT molecular complexity index is 1010. The summed E-state index contributed by atoms with van der Waals surface area (Å²) in [4.78, 5) is 21.3. The highest BCUT2D eigenvalue weighted by Gasteiger charge is 2.29. The van der Waals surface area contributed by atoms with Crippen molar-refractivity contribution in [3.05, 3.63) is 36.3 Å². The van der Waals surface area contributed by atoms with E-state index in [1.807, 2.05) is 30.7 Å². The Balaban J connectivity index is 1.63. The average molecular weight is 390 g/mol. The van der Waals surface area contributed by atoms with E-state index in [2.05, 4.69) is 32.4 Å². The minimum Gasteiger partial charge on any atom is -0.370 e. The van der Waals surface area contributed by atoms with Gasteiger partial charge in [0.05, 0.1) is 11.7 Å². The molecule has 1 saturated carbocycles. The van der Waals surface area contributed by atoms with Crippen LogP contribution in [0.15, 0.2) is 30.7 Å². The second kappa shape index (κ2) is 7.91. The van der Waals surface area contributed by atoms with Crippen LogP contribution in [0.25, 0.3) is 22.3 Å². The van der Waals surface area contributed by atoms with Crippen LogP contribution in [-0.2, 0) is 0 Å². The minimum atomic E-state index is 0.605. The van der Waals surface area contributed by atoms with Crippen molar-refractivity contribution in [2.75, 3.05) is 42.9 Å². The summed E-state index contributed by atoms with van der Waals surface area (Å²) in [7, 11) is 0. The Kier molecular flexibility index (Phi) is 4.97. The molecular weight excluding hydrogens is 362 g/mol. The van der Waals surface area contributed by atoms with E-state index >= 15 is 0 Å². The maximum Gasteiger partial charge on any atom is 0.162 e. The molecule has 0 atom stereocenters. The summed E-state index contributed by atoms with van der Waals surface area (Å²) in [5.41, 5.74) is 3.23. The number of nitrogens with one attached hydrogen (secondary N) is 2. The fraction of sp³-hybridized carbons (Fsp3) is 0.455. The van der Waals surface area contributed by atoms with Gasteiger partial charge in [0.1, 0.15) is 11.6 Å². The molecule has 2 aliphatic rings. The molecular formula is C22H27N7. The number of pyridine rings is 2. The summed E-state index contributed by atoms with van der Waals surface area (Å²) in [5, 5.41) is 7.98. The lowest BCUT2D eigenvalue weighted by atomic mass is 10.1. The third-order valence-electron chi connectivity index (χ3n) is 5.62. The first kappa shape index (κ1) is 18.2. The molecule has 7 heteroatoms. The number of fused-ring (bicyclic) bond motifs is 1. The van der Waals surface area contributed by atoms with E-state index in [-0.39, 0.29) is 0 Å². The SMILES string of the molecule is CCCNc1cc(-c2nc(N3CCNCC3)c3c(C4CC4)cncc3n2)ccn1. The van der Waals surface area contributed by atoms with E-state index in [9.17, 15) is 0 Å². The van der Waals surface area contributed by atoms with Crippen LogP contribution in [0, 0.1) is 0 Å². The average Bonchev–Trinajstić information content (AvgIpc) is 3.63. The summed E-state index contributed by atoms with van der Waals surface area (Å²) >= 11 is 0. The number of piperazine rings is 1. The van der Waals surface area contributed by atoms with Crippen LogP contribution in [0.3, 0.4) is 0 Å². The topological polar surface area (TPSA) is 78.9 Å². The van der Waals surface area contributed by atoms with Gasteiger partial charge in [-0.2, -0.15) is 0 Å². The fourth-order valence-electron chi connectivity index (χ4n) is 3.95. The van der Waals surface area contributed by atoms with Gasteiger partial charge in [-0.15, -0.1) is 0 Å². The summed E-state index contributed by atoms with van der Waals surface area (Å²) in [5.74, 6) is 3.26. The van der Waals surface area contributed by atoms with Gasteiger partial charge in [0.25, 0.3) is 0 Å². The summed E-state index contributed by atoms with van der Waals surface area (Å²) in [6.07, 6.45) is 9.26. The van der Waals surface area contributed by atoms with E-state index in [4.69, 9.17) is 9.97 Å². The van der Waals surface area contributed by atoms with E-state index in [0.717, 1.165) is 67.7 Å². The van der Waals surface area contributed by atoms with Crippen molar-refractivity contribution in [1.29, 1.82) is 0 Å². The number of hydrogen-bond donors (Lipinski definition) is 2. The highest BCUT2D eigenvalue weighted by atomic mass is 15.2. The Morgan fingerprint density at radius 1 is 1.17 bits per heavy atom. The second-order valence-corrected chi connectivity index (χ2v) is 7.86. The molecule has 0 radical (unpaired) electrons. The summed E-state index contributed by atoms with van der Waals surface area (Å²) < 4.78 is 0. The first-order valence-electron chi connectivity index (χ1n) is 10.6. The Morgan fingerprint density at radius 2 is 2.03 bits per heavy atom. The molecule has 5 rings (SSSR count). The number of nitrogens with zero attached hydrogens (tertiary/aromatic N) is 5. The first-order valence-corrected chi connectivity index (χ1v) is 10.6. The van der Waals surface area contributed by atoms with Crippen molar-refractivity contribution < 1.29 is 0 Å². The zero-order valence-electron chi connectivity index (χ0n) is 16.9. The molecule has 0 aromatic carbocycles. The second-order valence-electron chi connectivity index (χ2n) is 7.86. The van der Waals surface area contributed by atoms with Crippen LogP contribution in [0.4, 0.5) is 11.6 Å². The zero-order chi connectivity index (χ0) is 19.6. The van der Waals surface area contributed by atoms with Crippen molar-refractivity contribution in [3.8, 4) is 11.4 Å². The van der Waals surface area contributed by atoms with Crippen LogP contribution >= 0.6 is 0 Å². The van der Waals surface area contributed by atoms with Crippen LogP contribution in [0.1, 0.15) is 37.7 Å². The molecule has 4 heterocycles. The van der Waals surface area contributed by atoms with Crippen molar-refractivity contribution in [3.63, 3.8) is 0 Å². The third kappa shape index (κ3) is 3.74. The highest BCUT2D eigenvalue weighted by Crippen LogP contribution is 2.44. The Labute approximate surface area is 171 Å². The standard InChI is InChI=1S/C22H27N7/c1-2-6-25-19-12-16(5-7-26-19)21-27-18-14-24-13-17(15-3-4-15)20(18)22(28-21)29-10-8-23-9-11-29/h5,7,12-15,23H,2-4,6,8-11H2,1H3,(H,25,26). The lowest BCUT2D eigenvalue weighted by Gasteiger charge is -2.30. The molecule has 0 amide bonds. The van der Waals surface area contributed by atoms with Crippen LogP contribution in [-0.4, -0.2) is 52.7 Å². The normalized spacial score (nSPS) is 16.9. The minimum absolute atomic E-state index is 0.605. The predicted molar refractivity (Wildman–Crippen MR) is 116 cm³/mol. The van der Waals surface area contributed by atoms with Crippen molar-refractivity contribution in [2.45, 2.75) is 32.1 Å². The van der Waals surface area contributed by atoms with Gasteiger partial charge < -0.3 is 15.5 Å². The zero-order valence-corrected chi connectivity index (χ0v) is 16.9. The van der Waals surface area contributed by atoms with Gasteiger partial charge >= 0.3 is 0 Å². The quantitative estimate of drug-likeness (QED) is 0.670. The molecule has 0 spiro atoms. The number of aromatic nitrogens is 4. The van der Waals surface area contributed by atoms with Crippen molar-refractivity contribution in [1.82, 2.24) is 25.3 Å². The van der Waals surface area contributed by atoms with Crippen molar-refractivity contribution >= 4 is 22.5 Å². The van der Waals surface area contributed by atoms with Gasteiger partial charge in [-0.1, -0.05) is 6.92 Å². The molecule has 1 aliphatic carbocycles. The fourth-order valence-corrected chi connectivity index (χ4v) is 3.95.